The molecular weight excluding hydrogens is 196 g/mol. The zero-order valence-corrected chi connectivity index (χ0v) is 8.19. The first kappa shape index (κ1) is 9.71. The standard InChI is InChI=1S/C11H10O4/c1-11(6-9(13)15-10(11)14)7-2-4-8(12)5-3-7/h2-5,12H,6H2,1H3. The molecule has 0 amide bonds. The number of cyclic esters (lactones) is 2. The van der Waals surface area contributed by atoms with Crippen molar-refractivity contribution >= 4 is 11.9 Å². The number of carbonyl (C=O) groups is 2. The molecule has 2 rings (SSSR count). The fraction of sp³-hybridized carbons (Fsp3) is 0.273. The molecule has 78 valence electrons. The normalized spacial score (nSPS) is 25.4. The van der Waals surface area contributed by atoms with E-state index in [-0.39, 0.29) is 12.2 Å². The van der Waals surface area contributed by atoms with Gasteiger partial charge in [0.15, 0.2) is 0 Å². The number of carbonyl (C=O) groups excluding carboxylic acids is 2. The largest absolute Gasteiger partial charge is 0.508 e. The minimum Gasteiger partial charge on any atom is -0.508 e. The molecule has 0 spiro atoms. The molecule has 1 aliphatic heterocycles. The minimum atomic E-state index is -0.912. The first-order chi connectivity index (χ1) is 7.02. The van der Waals surface area contributed by atoms with Crippen LogP contribution >= 0.6 is 0 Å². The van der Waals surface area contributed by atoms with Crippen LogP contribution in [0.2, 0.25) is 0 Å². The van der Waals surface area contributed by atoms with Crippen molar-refractivity contribution in [3.8, 4) is 5.75 Å². The Balaban J connectivity index is 2.41. The summed E-state index contributed by atoms with van der Waals surface area (Å²) in [6, 6.07) is 6.21. The quantitative estimate of drug-likeness (QED) is 0.552. The molecule has 0 aromatic heterocycles. The van der Waals surface area contributed by atoms with Gasteiger partial charge in [-0.25, -0.2) is 0 Å². The van der Waals surface area contributed by atoms with E-state index in [2.05, 4.69) is 4.74 Å². The van der Waals surface area contributed by atoms with Crippen molar-refractivity contribution < 1.29 is 19.4 Å². The SMILES string of the molecule is CC1(c2ccc(O)cc2)CC(=O)OC1=O. The van der Waals surface area contributed by atoms with E-state index in [9.17, 15) is 9.59 Å². The molecule has 1 aromatic carbocycles. The van der Waals surface area contributed by atoms with Crippen molar-refractivity contribution in [2.24, 2.45) is 0 Å². The summed E-state index contributed by atoms with van der Waals surface area (Å²) in [5, 5.41) is 9.12. The van der Waals surface area contributed by atoms with E-state index in [1.165, 1.54) is 12.1 Å². The summed E-state index contributed by atoms with van der Waals surface area (Å²) < 4.78 is 4.52. The maximum atomic E-state index is 11.5. The third-order valence-electron chi connectivity index (χ3n) is 2.66. The van der Waals surface area contributed by atoms with E-state index in [4.69, 9.17) is 5.11 Å². The second-order valence-corrected chi connectivity index (χ2v) is 3.82. The van der Waals surface area contributed by atoms with Gasteiger partial charge < -0.3 is 9.84 Å². The maximum Gasteiger partial charge on any atom is 0.324 e. The van der Waals surface area contributed by atoms with Gasteiger partial charge in [0.2, 0.25) is 0 Å². The summed E-state index contributed by atoms with van der Waals surface area (Å²) >= 11 is 0. The summed E-state index contributed by atoms with van der Waals surface area (Å²) in [7, 11) is 0. The van der Waals surface area contributed by atoms with Crippen molar-refractivity contribution in [3.05, 3.63) is 29.8 Å². The molecule has 1 heterocycles. The van der Waals surface area contributed by atoms with E-state index in [0.29, 0.717) is 5.56 Å². The number of aromatic hydroxyl groups is 1. The molecule has 0 aliphatic carbocycles. The molecule has 1 atom stereocenters. The Kier molecular flexibility index (Phi) is 2.00. The van der Waals surface area contributed by atoms with E-state index in [1.54, 1.807) is 19.1 Å². The first-order valence-electron chi connectivity index (χ1n) is 4.57. The van der Waals surface area contributed by atoms with Gasteiger partial charge >= 0.3 is 11.9 Å². The highest BCUT2D eigenvalue weighted by Crippen LogP contribution is 2.35. The van der Waals surface area contributed by atoms with E-state index >= 15 is 0 Å². The number of phenolic OH excluding ortho intramolecular Hbond substituents is 1. The lowest BCUT2D eigenvalue weighted by Gasteiger charge is -2.17. The van der Waals surface area contributed by atoms with E-state index in [0.717, 1.165) is 0 Å². The Morgan fingerprint density at radius 1 is 1.27 bits per heavy atom. The summed E-state index contributed by atoms with van der Waals surface area (Å²) in [5.74, 6) is -0.909. The highest BCUT2D eigenvalue weighted by Gasteiger charge is 2.46. The second-order valence-electron chi connectivity index (χ2n) is 3.82. The molecule has 1 saturated heterocycles. The summed E-state index contributed by atoms with van der Waals surface area (Å²) in [6.07, 6.45) is 0.0522. The summed E-state index contributed by atoms with van der Waals surface area (Å²) in [4.78, 5) is 22.5. The van der Waals surface area contributed by atoms with Crippen molar-refractivity contribution in [1.29, 1.82) is 0 Å². The molecule has 1 fully saturated rings. The molecular formula is C11H10O4. The van der Waals surface area contributed by atoms with E-state index in [1.807, 2.05) is 0 Å². The Morgan fingerprint density at radius 3 is 2.33 bits per heavy atom. The van der Waals surface area contributed by atoms with Gasteiger partial charge in [-0.1, -0.05) is 12.1 Å². The van der Waals surface area contributed by atoms with Gasteiger partial charge in [-0.15, -0.1) is 0 Å². The van der Waals surface area contributed by atoms with Gasteiger partial charge in [0.25, 0.3) is 0 Å². The topological polar surface area (TPSA) is 63.6 Å². The average Bonchev–Trinajstić information content (AvgIpc) is 2.42. The number of hydrogen-bond donors (Lipinski definition) is 1. The van der Waals surface area contributed by atoms with Crippen molar-refractivity contribution in [1.82, 2.24) is 0 Å². The van der Waals surface area contributed by atoms with Crippen LogP contribution in [-0.4, -0.2) is 17.0 Å². The monoisotopic (exact) mass is 206 g/mol. The van der Waals surface area contributed by atoms with Gasteiger partial charge in [-0.05, 0) is 24.6 Å². The highest BCUT2D eigenvalue weighted by molar-refractivity contribution is 6.00. The third-order valence-corrected chi connectivity index (χ3v) is 2.66. The summed E-state index contributed by atoms with van der Waals surface area (Å²) in [5.41, 5.74) is -0.235. The van der Waals surface area contributed by atoms with Crippen LogP contribution in [0, 0.1) is 0 Å². The van der Waals surface area contributed by atoms with Crippen molar-refractivity contribution in [2.45, 2.75) is 18.8 Å². The van der Waals surface area contributed by atoms with E-state index < -0.39 is 17.4 Å². The number of esters is 2. The van der Waals surface area contributed by atoms with Crippen LogP contribution in [0.1, 0.15) is 18.9 Å². The Hall–Kier alpha value is -1.84. The lowest BCUT2D eigenvalue weighted by atomic mass is 9.81. The smallest absolute Gasteiger partial charge is 0.324 e. The van der Waals surface area contributed by atoms with Crippen LogP contribution < -0.4 is 0 Å². The second kappa shape index (κ2) is 3.08. The lowest BCUT2D eigenvalue weighted by Crippen LogP contribution is -2.27. The molecule has 1 unspecified atom stereocenters. The zero-order valence-electron chi connectivity index (χ0n) is 8.19. The van der Waals surface area contributed by atoms with Gasteiger partial charge in [0.05, 0.1) is 6.42 Å². The van der Waals surface area contributed by atoms with Crippen LogP contribution in [0.15, 0.2) is 24.3 Å². The molecule has 4 nitrogen and oxygen atoms in total. The van der Waals surface area contributed by atoms with Gasteiger partial charge in [0, 0.05) is 0 Å². The number of phenols is 1. The maximum absolute atomic E-state index is 11.5. The molecule has 1 N–H and O–H groups in total. The Morgan fingerprint density at radius 2 is 1.87 bits per heavy atom. The predicted octanol–water partition coefficient (Wildman–Crippen LogP) is 1.12. The molecule has 0 bridgehead atoms. The van der Waals surface area contributed by atoms with Crippen LogP contribution in [0.5, 0.6) is 5.75 Å². The fourth-order valence-corrected chi connectivity index (χ4v) is 1.66. The highest BCUT2D eigenvalue weighted by atomic mass is 16.6. The first-order valence-corrected chi connectivity index (χ1v) is 4.57. The number of benzene rings is 1. The Labute approximate surface area is 86.5 Å². The predicted molar refractivity (Wildman–Crippen MR) is 51.2 cm³/mol. The van der Waals surface area contributed by atoms with Crippen molar-refractivity contribution in [2.75, 3.05) is 0 Å². The lowest BCUT2D eigenvalue weighted by molar-refractivity contribution is -0.153. The summed E-state index contributed by atoms with van der Waals surface area (Å²) in [6.45, 7) is 1.66. The molecule has 1 aromatic rings. The van der Waals surface area contributed by atoms with Gasteiger partial charge in [-0.2, -0.15) is 0 Å². The van der Waals surface area contributed by atoms with Crippen LogP contribution in [0.3, 0.4) is 0 Å². The zero-order chi connectivity index (χ0) is 11.1. The average molecular weight is 206 g/mol. The molecule has 15 heavy (non-hydrogen) atoms. The van der Waals surface area contributed by atoms with Gasteiger partial charge in [0.1, 0.15) is 11.2 Å². The third kappa shape index (κ3) is 1.48. The molecule has 0 saturated carbocycles. The van der Waals surface area contributed by atoms with Crippen molar-refractivity contribution in [3.63, 3.8) is 0 Å². The fourth-order valence-electron chi connectivity index (χ4n) is 1.66. The molecule has 4 heteroatoms. The van der Waals surface area contributed by atoms with Crippen LogP contribution in [-0.2, 0) is 19.7 Å². The van der Waals surface area contributed by atoms with Crippen LogP contribution in [0.25, 0.3) is 0 Å². The molecule has 0 radical (unpaired) electrons. The number of ether oxygens (including phenoxy) is 1. The molecule has 1 aliphatic rings. The van der Waals surface area contributed by atoms with Gasteiger partial charge in [-0.3, -0.25) is 9.59 Å². The Bertz CT molecular complexity index is 421. The number of hydrogen-bond acceptors (Lipinski definition) is 4. The number of rotatable bonds is 1. The van der Waals surface area contributed by atoms with Crippen LogP contribution in [0.4, 0.5) is 0 Å². The minimum absolute atomic E-state index is 0.0522.